The Morgan fingerprint density at radius 1 is 1.57 bits per heavy atom. The molecule has 2 aliphatic rings. The van der Waals surface area contributed by atoms with Crippen molar-refractivity contribution in [2.75, 3.05) is 20.1 Å². The highest BCUT2D eigenvalue weighted by atomic mass is 16.4. The summed E-state index contributed by atoms with van der Waals surface area (Å²) in [7, 11) is 1.92. The summed E-state index contributed by atoms with van der Waals surface area (Å²) in [5, 5.41) is 19.6. The van der Waals surface area contributed by atoms with Crippen molar-refractivity contribution < 1.29 is 15.0 Å². The van der Waals surface area contributed by atoms with Gasteiger partial charge in [0, 0.05) is 13.1 Å². The summed E-state index contributed by atoms with van der Waals surface area (Å²) in [5.74, 6) is -0.723. The van der Waals surface area contributed by atoms with Crippen LogP contribution in [0, 0.1) is 11.3 Å². The van der Waals surface area contributed by atoms with Crippen molar-refractivity contribution in [3.63, 3.8) is 0 Å². The van der Waals surface area contributed by atoms with Crippen molar-refractivity contribution >= 4 is 5.97 Å². The number of carboxylic acid groups (broad SMARTS) is 1. The first-order chi connectivity index (χ1) is 6.42. The van der Waals surface area contributed by atoms with Crippen LogP contribution in [0.1, 0.15) is 19.8 Å². The highest BCUT2D eigenvalue weighted by Crippen LogP contribution is 2.61. The lowest BCUT2D eigenvalue weighted by atomic mass is 9.81. The molecule has 1 saturated carbocycles. The van der Waals surface area contributed by atoms with Gasteiger partial charge in [-0.1, -0.05) is 6.92 Å². The second-order valence-corrected chi connectivity index (χ2v) is 4.90. The molecule has 1 heterocycles. The standard InChI is InChI=1S/C10H17NO3/c1-7-5-10(7,8(12)13)9(14)3-4-11(2)6-9/h7,14H,3-6H2,1-2H3,(H,12,13). The number of nitrogens with zero attached hydrogens (tertiary/aromatic N) is 1. The Kier molecular flexibility index (Phi) is 1.92. The van der Waals surface area contributed by atoms with E-state index in [1.807, 2.05) is 18.9 Å². The monoisotopic (exact) mass is 199 g/mol. The molecule has 1 aliphatic carbocycles. The van der Waals surface area contributed by atoms with Gasteiger partial charge in [0.05, 0.1) is 5.60 Å². The lowest BCUT2D eigenvalue weighted by molar-refractivity contribution is -0.156. The number of aliphatic carboxylic acids is 1. The number of rotatable bonds is 2. The van der Waals surface area contributed by atoms with E-state index in [0.717, 1.165) is 6.54 Å². The first kappa shape index (κ1) is 9.93. The summed E-state index contributed by atoms with van der Waals surface area (Å²) in [6.07, 6.45) is 1.20. The van der Waals surface area contributed by atoms with Crippen LogP contribution in [-0.4, -0.2) is 46.8 Å². The number of likely N-dealkylation sites (N-methyl/N-ethyl adjacent to an activating group) is 1. The molecule has 2 rings (SSSR count). The summed E-state index contributed by atoms with van der Waals surface area (Å²) < 4.78 is 0. The van der Waals surface area contributed by atoms with E-state index in [2.05, 4.69) is 0 Å². The van der Waals surface area contributed by atoms with Gasteiger partial charge >= 0.3 is 5.97 Å². The molecule has 0 spiro atoms. The summed E-state index contributed by atoms with van der Waals surface area (Å²) in [6, 6.07) is 0. The van der Waals surface area contributed by atoms with Gasteiger partial charge in [0.15, 0.2) is 0 Å². The molecule has 4 nitrogen and oxygen atoms in total. The summed E-state index contributed by atoms with van der Waals surface area (Å²) in [4.78, 5) is 13.2. The van der Waals surface area contributed by atoms with Gasteiger partial charge in [-0.25, -0.2) is 0 Å². The van der Waals surface area contributed by atoms with Crippen LogP contribution in [0.5, 0.6) is 0 Å². The Bertz CT molecular complexity index is 281. The number of β-amino-alcohol motifs (C(OH)–C–C–N with tert-alkyl or cyclic N) is 1. The van der Waals surface area contributed by atoms with Gasteiger partial charge in [-0.2, -0.15) is 0 Å². The maximum Gasteiger partial charge on any atom is 0.312 e. The Hall–Kier alpha value is -0.610. The van der Waals surface area contributed by atoms with Gasteiger partial charge in [0.25, 0.3) is 0 Å². The van der Waals surface area contributed by atoms with E-state index in [1.165, 1.54) is 0 Å². The van der Waals surface area contributed by atoms with E-state index < -0.39 is 17.0 Å². The zero-order valence-corrected chi connectivity index (χ0v) is 8.66. The van der Waals surface area contributed by atoms with Gasteiger partial charge in [-0.05, 0) is 25.8 Å². The Morgan fingerprint density at radius 2 is 2.14 bits per heavy atom. The number of likely N-dealkylation sites (tertiary alicyclic amines) is 1. The van der Waals surface area contributed by atoms with Gasteiger partial charge in [0.1, 0.15) is 5.41 Å². The van der Waals surface area contributed by atoms with Crippen LogP contribution in [0.2, 0.25) is 0 Å². The third-order valence-electron chi connectivity index (χ3n) is 3.96. The van der Waals surface area contributed by atoms with Gasteiger partial charge in [-0.15, -0.1) is 0 Å². The minimum atomic E-state index is -1.01. The maximum atomic E-state index is 11.2. The zero-order valence-electron chi connectivity index (χ0n) is 8.66. The van der Waals surface area contributed by atoms with Crippen LogP contribution in [0.15, 0.2) is 0 Å². The number of hydrogen-bond acceptors (Lipinski definition) is 3. The van der Waals surface area contributed by atoms with Gasteiger partial charge in [0.2, 0.25) is 0 Å². The molecule has 0 aromatic rings. The highest BCUT2D eigenvalue weighted by Gasteiger charge is 2.70. The van der Waals surface area contributed by atoms with Crippen LogP contribution in [-0.2, 0) is 4.79 Å². The predicted octanol–water partition coefficient (Wildman–Crippen LogP) is 0.164. The van der Waals surface area contributed by atoms with Crippen molar-refractivity contribution in [1.29, 1.82) is 0 Å². The van der Waals surface area contributed by atoms with Crippen LogP contribution < -0.4 is 0 Å². The molecule has 0 amide bonds. The summed E-state index contributed by atoms with van der Waals surface area (Å²) in [6.45, 7) is 3.19. The topological polar surface area (TPSA) is 60.8 Å². The molecular weight excluding hydrogens is 182 g/mol. The first-order valence-electron chi connectivity index (χ1n) is 5.07. The van der Waals surface area contributed by atoms with Crippen molar-refractivity contribution in [3.05, 3.63) is 0 Å². The third-order valence-corrected chi connectivity index (χ3v) is 3.96. The molecule has 80 valence electrons. The molecule has 4 heteroatoms. The molecule has 3 unspecified atom stereocenters. The number of aliphatic hydroxyl groups is 1. The van der Waals surface area contributed by atoms with E-state index in [1.54, 1.807) is 0 Å². The lowest BCUT2D eigenvalue weighted by Gasteiger charge is -2.30. The molecule has 14 heavy (non-hydrogen) atoms. The largest absolute Gasteiger partial charge is 0.481 e. The molecule has 3 atom stereocenters. The highest BCUT2D eigenvalue weighted by molar-refractivity contribution is 5.80. The second kappa shape index (κ2) is 2.70. The van der Waals surface area contributed by atoms with Gasteiger partial charge < -0.3 is 15.1 Å². The van der Waals surface area contributed by atoms with E-state index in [0.29, 0.717) is 19.4 Å². The zero-order chi connectivity index (χ0) is 10.6. The van der Waals surface area contributed by atoms with Crippen molar-refractivity contribution in [3.8, 4) is 0 Å². The third kappa shape index (κ3) is 1.04. The van der Waals surface area contributed by atoms with Crippen LogP contribution in [0.4, 0.5) is 0 Å². The first-order valence-corrected chi connectivity index (χ1v) is 5.07. The van der Waals surface area contributed by atoms with E-state index >= 15 is 0 Å². The molecule has 0 aromatic carbocycles. The molecule has 0 bridgehead atoms. The Labute approximate surface area is 83.5 Å². The fourth-order valence-corrected chi connectivity index (χ4v) is 2.91. The normalized spacial score (nSPS) is 48.1. The maximum absolute atomic E-state index is 11.2. The lowest BCUT2D eigenvalue weighted by Crippen LogP contribution is -2.47. The van der Waals surface area contributed by atoms with Crippen LogP contribution >= 0.6 is 0 Å². The predicted molar refractivity (Wildman–Crippen MR) is 50.9 cm³/mol. The molecule has 0 radical (unpaired) electrons. The summed E-state index contributed by atoms with van der Waals surface area (Å²) >= 11 is 0. The Morgan fingerprint density at radius 3 is 2.43 bits per heavy atom. The number of carbonyl (C=O) groups is 1. The van der Waals surface area contributed by atoms with Crippen LogP contribution in [0.3, 0.4) is 0 Å². The van der Waals surface area contributed by atoms with E-state index in [-0.39, 0.29) is 5.92 Å². The average molecular weight is 199 g/mol. The van der Waals surface area contributed by atoms with Crippen molar-refractivity contribution in [2.24, 2.45) is 11.3 Å². The minimum absolute atomic E-state index is 0.108. The molecular formula is C10H17NO3. The molecule has 2 fully saturated rings. The van der Waals surface area contributed by atoms with E-state index in [9.17, 15) is 15.0 Å². The fraction of sp³-hybridized carbons (Fsp3) is 0.900. The molecule has 1 aliphatic heterocycles. The smallest absolute Gasteiger partial charge is 0.312 e. The van der Waals surface area contributed by atoms with Crippen LogP contribution in [0.25, 0.3) is 0 Å². The Balaban J connectivity index is 2.25. The SMILES string of the molecule is CC1CC1(C(=O)O)C1(O)CCN(C)C1. The number of carboxylic acids is 1. The average Bonchev–Trinajstić information content (AvgIpc) is 2.65. The minimum Gasteiger partial charge on any atom is -0.481 e. The van der Waals surface area contributed by atoms with Gasteiger partial charge in [-0.3, -0.25) is 4.79 Å². The van der Waals surface area contributed by atoms with E-state index in [4.69, 9.17) is 0 Å². The molecule has 2 N–H and O–H groups in total. The molecule has 1 saturated heterocycles. The van der Waals surface area contributed by atoms with Crippen molar-refractivity contribution in [1.82, 2.24) is 4.90 Å². The fourth-order valence-electron chi connectivity index (χ4n) is 2.91. The quantitative estimate of drug-likeness (QED) is 0.665. The van der Waals surface area contributed by atoms with Crippen molar-refractivity contribution in [2.45, 2.75) is 25.4 Å². The molecule has 0 aromatic heterocycles. The number of hydrogen-bond donors (Lipinski definition) is 2. The summed E-state index contributed by atoms with van der Waals surface area (Å²) in [5.41, 5.74) is -1.87. The second-order valence-electron chi connectivity index (χ2n) is 4.90.